The Morgan fingerprint density at radius 1 is 0.640 bits per heavy atom. The van der Waals surface area contributed by atoms with Crippen molar-refractivity contribution >= 4 is 44.1 Å². The minimum absolute atomic E-state index is 1.11. The smallest absolute Gasteiger partial charge is 0.0803 e. The van der Waals surface area contributed by atoms with Gasteiger partial charge in [-0.05, 0) is 45.1 Å². The molecule has 1 nitrogen and oxygen atoms in total. The van der Waals surface area contributed by atoms with Gasteiger partial charge in [-0.3, -0.25) is 4.98 Å². The Labute approximate surface area is 149 Å². The summed E-state index contributed by atoms with van der Waals surface area (Å²) in [5, 5.41) is 7.82. The zero-order chi connectivity index (χ0) is 16.4. The number of hydrogen-bond acceptors (Lipinski definition) is 2. The molecule has 1 aliphatic rings. The third-order valence-corrected chi connectivity index (χ3v) is 6.21. The fourth-order valence-electron chi connectivity index (χ4n) is 3.98. The molecule has 0 aliphatic carbocycles. The maximum absolute atomic E-state index is 4.73. The number of benzene rings is 4. The first-order chi connectivity index (χ1) is 12.4. The third-order valence-electron chi connectivity index (χ3n) is 5.10. The number of nitrogens with zero attached hydrogens (tertiary/aromatic N) is 1. The quantitative estimate of drug-likeness (QED) is 0.287. The van der Waals surface area contributed by atoms with Gasteiger partial charge in [-0.25, -0.2) is 0 Å². The normalized spacial score (nSPS) is 12.6. The van der Waals surface area contributed by atoms with Gasteiger partial charge < -0.3 is 0 Å². The van der Waals surface area contributed by atoms with Crippen LogP contribution in [0.15, 0.2) is 88.8 Å². The highest BCUT2D eigenvalue weighted by Crippen LogP contribution is 2.49. The molecule has 0 saturated carbocycles. The van der Waals surface area contributed by atoms with Gasteiger partial charge in [-0.15, -0.1) is 0 Å². The second kappa shape index (κ2) is 4.84. The molecule has 1 aromatic heterocycles. The molecule has 2 heterocycles. The summed E-state index contributed by atoms with van der Waals surface area (Å²) in [6.07, 6.45) is 1.95. The van der Waals surface area contributed by atoms with Gasteiger partial charge in [0.25, 0.3) is 0 Å². The highest BCUT2D eigenvalue weighted by atomic mass is 32.2. The SMILES string of the molecule is c1ccc2c(c1)Sc1cc3c4ccccc4ccc3c3ccnc-2c13. The molecule has 0 spiro atoms. The van der Waals surface area contributed by atoms with Crippen LogP contribution in [0.4, 0.5) is 0 Å². The summed E-state index contributed by atoms with van der Waals surface area (Å²) in [5.41, 5.74) is 2.35. The summed E-state index contributed by atoms with van der Waals surface area (Å²) in [7, 11) is 0. The second-order valence-corrected chi connectivity index (χ2v) is 7.52. The van der Waals surface area contributed by atoms with Gasteiger partial charge in [-0.2, -0.15) is 0 Å². The predicted molar refractivity (Wildman–Crippen MR) is 106 cm³/mol. The monoisotopic (exact) mass is 335 g/mol. The van der Waals surface area contributed by atoms with Crippen LogP contribution in [-0.2, 0) is 0 Å². The highest BCUT2D eigenvalue weighted by Gasteiger charge is 2.21. The molecule has 4 aromatic carbocycles. The van der Waals surface area contributed by atoms with Gasteiger partial charge in [0.05, 0.1) is 5.69 Å². The van der Waals surface area contributed by atoms with Gasteiger partial charge in [0.1, 0.15) is 0 Å². The first kappa shape index (κ1) is 13.5. The van der Waals surface area contributed by atoms with E-state index in [1.54, 1.807) is 0 Å². The molecule has 5 aromatic rings. The number of aromatic nitrogens is 1. The molecule has 0 unspecified atom stereocenters. The Balaban J connectivity index is 1.86. The molecule has 25 heavy (non-hydrogen) atoms. The van der Waals surface area contributed by atoms with Gasteiger partial charge in [0, 0.05) is 26.9 Å². The molecule has 0 amide bonds. The molecule has 0 saturated heterocycles. The minimum Gasteiger partial charge on any atom is -0.256 e. The maximum Gasteiger partial charge on any atom is 0.0803 e. The standard InChI is InChI=1S/C23H13NS/c1-2-6-15-14(5-1)9-10-16-17-11-12-24-23-18-7-3-4-8-20(18)25-21(22(17)23)13-19(15)16/h1-13H. The van der Waals surface area contributed by atoms with Crippen LogP contribution in [-0.4, -0.2) is 4.98 Å². The Hall–Kier alpha value is -2.84. The fourth-order valence-corrected chi connectivity index (χ4v) is 5.12. The second-order valence-electron chi connectivity index (χ2n) is 6.44. The van der Waals surface area contributed by atoms with Crippen LogP contribution in [0, 0.1) is 0 Å². The van der Waals surface area contributed by atoms with Crippen LogP contribution in [0.2, 0.25) is 0 Å². The molecule has 0 N–H and O–H groups in total. The molecule has 2 heteroatoms. The van der Waals surface area contributed by atoms with E-state index in [-0.39, 0.29) is 0 Å². The number of hydrogen-bond donors (Lipinski definition) is 0. The van der Waals surface area contributed by atoms with E-state index in [0.717, 1.165) is 5.69 Å². The molecule has 0 bridgehead atoms. The van der Waals surface area contributed by atoms with E-state index >= 15 is 0 Å². The van der Waals surface area contributed by atoms with Crippen LogP contribution in [0.1, 0.15) is 0 Å². The average molecular weight is 335 g/mol. The molecular formula is C23H13NS. The van der Waals surface area contributed by atoms with Gasteiger partial charge in [0.2, 0.25) is 0 Å². The Morgan fingerprint density at radius 2 is 1.52 bits per heavy atom. The summed E-state index contributed by atoms with van der Waals surface area (Å²) in [4.78, 5) is 7.33. The average Bonchev–Trinajstić information content (AvgIpc) is 2.68. The van der Waals surface area contributed by atoms with Crippen molar-refractivity contribution in [3.05, 3.63) is 79.0 Å². The van der Waals surface area contributed by atoms with Gasteiger partial charge in [0.15, 0.2) is 0 Å². The van der Waals surface area contributed by atoms with Crippen LogP contribution in [0.25, 0.3) is 43.6 Å². The first-order valence-corrected chi connectivity index (χ1v) is 9.22. The number of rotatable bonds is 0. The maximum atomic E-state index is 4.73. The van der Waals surface area contributed by atoms with Crippen molar-refractivity contribution in [2.45, 2.75) is 9.79 Å². The van der Waals surface area contributed by atoms with E-state index < -0.39 is 0 Å². The van der Waals surface area contributed by atoms with E-state index in [0.29, 0.717) is 0 Å². The topological polar surface area (TPSA) is 12.9 Å². The lowest BCUT2D eigenvalue weighted by Gasteiger charge is -2.20. The third kappa shape index (κ3) is 1.77. The Bertz CT molecular complexity index is 1320. The minimum atomic E-state index is 1.11. The van der Waals surface area contributed by atoms with Crippen molar-refractivity contribution in [1.82, 2.24) is 4.98 Å². The lowest BCUT2D eigenvalue weighted by molar-refractivity contribution is 1.29. The van der Waals surface area contributed by atoms with E-state index in [1.807, 2.05) is 18.0 Å². The molecule has 1 aliphatic heterocycles. The zero-order valence-electron chi connectivity index (χ0n) is 13.4. The Morgan fingerprint density at radius 3 is 2.52 bits per heavy atom. The van der Waals surface area contributed by atoms with Crippen LogP contribution >= 0.6 is 11.8 Å². The lowest BCUT2D eigenvalue weighted by Crippen LogP contribution is -1.96. The van der Waals surface area contributed by atoms with Crippen molar-refractivity contribution in [2.75, 3.05) is 0 Å². The largest absolute Gasteiger partial charge is 0.256 e. The summed E-state index contributed by atoms with van der Waals surface area (Å²) in [6, 6.07) is 26.2. The Kier molecular flexibility index (Phi) is 2.60. The van der Waals surface area contributed by atoms with E-state index in [9.17, 15) is 0 Å². The van der Waals surface area contributed by atoms with Crippen molar-refractivity contribution < 1.29 is 0 Å². The molecule has 0 fully saturated rings. The van der Waals surface area contributed by atoms with Crippen molar-refractivity contribution in [3.63, 3.8) is 0 Å². The first-order valence-electron chi connectivity index (χ1n) is 8.40. The summed E-state index contributed by atoms with van der Waals surface area (Å²) < 4.78 is 0. The summed E-state index contributed by atoms with van der Waals surface area (Å²) in [6.45, 7) is 0. The van der Waals surface area contributed by atoms with Crippen molar-refractivity contribution in [3.8, 4) is 11.3 Å². The van der Waals surface area contributed by atoms with Gasteiger partial charge >= 0.3 is 0 Å². The predicted octanol–water partition coefficient (Wildman–Crippen LogP) is 6.67. The summed E-state index contributed by atoms with van der Waals surface area (Å²) >= 11 is 1.86. The van der Waals surface area contributed by atoms with E-state index in [2.05, 4.69) is 72.8 Å². The van der Waals surface area contributed by atoms with E-state index in [1.165, 1.54) is 47.7 Å². The molecule has 116 valence electrons. The van der Waals surface area contributed by atoms with Crippen LogP contribution in [0.3, 0.4) is 0 Å². The van der Waals surface area contributed by atoms with Crippen LogP contribution < -0.4 is 0 Å². The number of pyridine rings is 1. The van der Waals surface area contributed by atoms with Crippen molar-refractivity contribution in [1.29, 1.82) is 0 Å². The molecular weight excluding hydrogens is 322 g/mol. The molecule has 0 radical (unpaired) electrons. The molecule has 6 rings (SSSR count). The number of fused-ring (bicyclic) bond motifs is 6. The fraction of sp³-hybridized carbons (Fsp3) is 0. The van der Waals surface area contributed by atoms with E-state index in [4.69, 9.17) is 4.98 Å². The molecule has 0 atom stereocenters. The highest BCUT2D eigenvalue weighted by molar-refractivity contribution is 7.99. The van der Waals surface area contributed by atoms with Crippen molar-refractivity contribution in [2.24, 2.45) is 0 Å². The van der Waals surface area contributed by atoms with Gasteiger partial charge in [-0.1, -0.05) is 66.4 Å². The van der Waals surface area contributed by atoms with Crippen LogP contribution in [0.5, 0.6) is 0 Å². The zero-order valence-corrected chi connectivity index (χ0v) is 14.2. The summed E-state index contributed by atoms with van der Waals surface area (Å²) in [5.74, 6) is 0. The lowest BCUT2D eigenvalue weighted by atomic mass is 9.95.